The topological polar surface area (TPSA) is 95.1 Å². The zero-order valence-electron chi connectivity index (χ0n) is 20.4. The molecule has 0 bridgehead atoms. The second kappa shape index (κ2) is 9.75. The van der Waals surface area contributed by atoms with Crippen LogP contribution in [-0.2, 0) is 10.0 Å². The third-order valence-electron chi connectivity index (χ3n) is 8.54. The predicted octanol–water partition coefficient (Wildman–Crippen LogP) is 3.92. The Morgan fingerprint density at radius 1 is 0.971 bits per heavy atom. The average molecular weight is 497 g/mol. The second-order valence-electron chi connectivity index (χ2n) is 10.9. The van der Waals surface area contributed by atoms with Gasteiger partial charge in [0.15, 0.2) is 0 Å². The molecule has 3 fully saturated rings. The fraction of sp³-hybridized carbons (Fsp3) is 0.654. The summed E-state index contributed by atoms with van der Waals surface area (Å²) >= 11 is 0. The SMILES string of the molecule is O=S(=O)(CC1CCC(c2cnnc3cnc4[nH]ccc4c23)CC1)N1CCCC(CN2CCCC2)C1. The van der Waals surface area contributed by atoms with Gasteiger partial charge in [0.05, 0.1) is 18.1 Å². The lowest BCUT2D eigenvalue weighted by atomic mass is 9.79. The highest BCUT2D eigenvalue weighted by Gasteiger charge is 2.34. The van der Waals surface area contributed by atoms with Gasteiger partial charge >= 0.3 is 0 Å². The molecule has 8 nitrogen and oxygen atoms in total. The van der Waals surface area contributed by atoms with E-state index in [0.29, 0.717) is 30.7 Å². The molecule has 1 aliphatic carbocycles. The van der Waals surface area contributed by atoms with E-state index in [1.165, 1.54) is 31.5 Å². The number of pyridine rings is 1. The molecule has 1 unspecified atom stereocenters. The summed E-state index contributed by atoms with van der Waals surface area (Å²) in [5.41, 5.74) is 2.92. The lowest BCUT2D eigenvalue weighted by Crippen LogP contribution is -2.45. The summed E-state index contributed by atoms with van der Waals surface area (Å²) < 4.78 is 28.5. The first-order valence-corrected chi connectivity index (χ1v) is 15.0. The molecule has 2 aliphatic heterocycles. The molecule has 0 radical (unpaired) electrons. The maximum atomic E-state index is 13.4. The summed E-state index contributed by atoms with van der Waals surface area (Å²) in [5, 5.41) is 10.8. The van der Waals surface area contributed by atoms with Crippen LogP contribution in [0.15, 0.2) is 24.7 Å². The normalized spacial score (nSPS) is 27.1. The molecule has 188 valence electrons. The zero-order valence-corrected chi connectivity index (χ0v) is 21.2. The zero-order chi connectivity index (χ0) is 23.8. The smallest absolute Gasteiger partial charge is 0.214 e. The third-order valence-corrected chi connectivity index (χ3v) is 10.6. The quantitative estimate of drug-likeness (QED) is 0.556. The molecule has 0 amide bonds. The largest absolute Gasteiger partial charge is 0.346 e. The number of likely N-dealkylation sites (tertiary alicyclic amines) is 1. The molecule has 2 saturated heterocycles. The minimum Gasteiger partial charge on any atom is -0.346 e. The first-order valence-electron chi connectivity index (χ1n) is 13.3. The van der Waals surface area contributed by atoms with Gasteiger partial charge in [0, 0.05) is 36.6 Å². The molecule has 1 saturated carbocycles. The van der Waals surface area contributed by atoms with Crippen molar-refractivity contribution < 1.29 is 8.42 Å². The van der Waals surface area contributed by atoms with E-state index >= 15 is 0 Å². The van der Waals surface area contributed by atoms with Crippen molar-refractivity contribution in [2.24, 2.45) is 11.8 Å². The van der Waals surface area contributed by atoms with E-state index in [0.717, 1.165) is 67.0 Å². The highest BCUT2D eigenvalue weighted by Crippen LogP contribution is 2.40. The van der Waals surface area contributed by atoms with Crippen LogP contribution in [-0.4, -0.2) is 76.3 Å². The predicted molar refractivity (Wildman–Crippen MR) is 138 cm³/mol. The van der Waals surface area contributed by atoms with Crippen LogP contribution in [0.4, 0.5) is 0 Å². The van der Waals surface area contributed by atoms with Gasteiger partial charge in [-0.25, -0.2) is 17.7 Å². The van der Waals surface area contributed by atoms with Gasteiger partial charge in [-0.15, -0.1) is 5.10 Å². The molecule has 9 heteroatoms. The van der Waals surface area contributed by atoms with E-state index in [1.54, 1.807) is 6.20 Å². The maximum Gasteiger partial charge on any atom is 0.214 e. The standard InChI is InChI=1S/C26H36N6O2S/c33-35(34,32-13-3-4-20(17-32)16-31-11-1-2-12-31)18-19-5-7-21(8-6-19)23-14-29-30-24-15-28-26-22(25(23)24)9-10-27-26/h9-10,14-15,19-21H,1-8,11-13,16-18H2,(H,27,28). The maximum absolute atomic E-state index is 13.4. The van der Waals surface area contributed by atoms with Crippen LogP contribution in [0.2, 0.25) is 0 Å². The lowest BCUT2D eigenvalue weighted by molar-refractivity contribution is 0.199. The van der Waals surface area contributed by atoms with Crippen molar-refractivity contribution in [3.63, 3.8) is 0 Å². The number of fused-ring (bicyclic) bond motifs is 3. The van der Waals surface area contributed by atoms with Gasteiger partial charge in [-0.2, -0.15) is 5.10 Å². The molecule has 1 atom stereocenters. The van der Waals surface area contributed by atoms with Gasteiger partial charge in [0.2, 0.25) is 10.0 Å². The first-order chi connectivity index (χ1) is 17.1. The Balaban J connectivity index is 1.10. The van der Waals surface area contributed by atoms with Crippen LogP contribution in [0.1, 0.15) is 62.8 Å². The van der Waals surface area contributed by atoms with Gasteiger partial charge in [0.1, 0.15) is 11.2 Å². The Hall–Kier alpha value is -2.10. The highest BCUT2D eigenvalue weighted by molar-refractivity contribution is 7.89. The van der Waals surface area contributed by atoms with Crippen molar-refractivity contribution in [3.05, 3.63) is 30.2 Å². The molecule has 3 aliphatic rings. The Morgan fingerprint density at radius 3 is 2.63 bits per heavy atom. The van der Waals surface area contributed by atoms with Crippen molar-refractivity contribution >= 4 is 32.0 Å². The number of aromatic amines is 1. The van der Waals surface area contributed by atoms with Gasteiger partial charge in [-0.1, -0.05) is 0 Å². The molecule has 5 heterocycles. The molecular formula is C26H36N6O2S. The number of rotatable bonds is 6. The summed E-state index contributed by atoms with van der Waals surface area (Å²) in [4.78, 5) is 10.2. The molecule has 0 spiro atoms. The number of piperidine rings is 1. The average Bonchev–Trinajstić information content (AvgIpc) is 3.56. The molecule has 0 aromatic carbocycles. The van der Waals surface area contributed by atoms with Crippen LogP contribution in [0.3, 0.4) is 0 Å². The van der Waals surface area contributed by atoms with Crippen molar-refractivity contribution in [2.45, 2.75) is 57.3 Å². The molecular weight excluding hydrogens is 460 g/mol. The number of nitrogens with one attached hydrogen (secondary N) is 1. The number of hydrogen-bond donors (Lipinski definition) is 1. The molecule has 35 heavy (non-hydrogen) atoms. The van der Waals surface area contributed by atoms with E-state index in [-0.39, 0.29) is 5.92 Å². The number of nitrogens with zero attached hydrogens (tertiary/aromatic N) is 5. The summed E-state index contributed by atoms with van der Waals surface area (Å²) in [6, 6.07) is 2.06. The van der Waals surface area contributed by atoms with E-state index in [9.17, 15) is 8.42 Å². The van der Waals surface area contributed by atoms with Crippen molar-refractivity contribution in [2.75, 3.05) is 38.5 Å². The third kappa shape index (κ3) is 4.82. The minimum absolute atomic E-state index is 0.241. The minimum atomic E-state index is -3.21. The van der Waals surface area contributed by atoms with Crippen molar-refractivity contribution in [1.29, 1.82) is 0 Å². The van der Waals surface area contributed by atoms with Gasteiger partial charge in [-0.05, 0) is 93.8 Å². The summed E-state index contributed by atoms with van der Waals surface area (Å²) in [6.07, 6.45) is 14.2. The first kappa shape index (κ1) is 23.3. The van der Waals surface area contributed by atoms with Crippen LogP contribution in [0.5, 0.6) is 0 Å². The van der Waals surface area contributed by atoms with Gasteiger partial charge in [0.25, 0.3) is 0 Å². The fourth-order valence-electron chi connectivity index (χ4n) is 6.71. The monoisotopic (exact) mass is 496 g/mol. The van der Waals surface area contributed by atoms with Crippen LogP contribution >= 0.6 is 0 Å². The number of sulfonamides is 1. The Bertz CT molecular complexity index is 1280. The van der Waals surface area contributed by atoms with Gasteiger partial charge < -0.3 is 9.88 Å². The summed E-state index contributed by atoms with van der Waals surface area (Å²) in [5.74, 6) is 1.41. The van der Waals surface area contributed by atoms with Crippen molar-refractivity contribution in [3.8, 4) is 0 Å². The molecule has 6 rings (SSSR count). The molecule has 3 aromatic rings. The van der Waals surface area contributed by atoms with Crippen LogP contribution in [0, 0.1) is 11.8 Å². The Labute approximate surface area is 207 Å². The lowest BCUT2D eigenvalue weighted by Gasteiger charge is -2.35. The summed E-state index contributed by atoms with van der Waals surface area (Å²) in [7, 11) is -3.21. The van der Waals surface area contributed by atoms with Crippen LogP contribution < -0.4 is 0 Å². The van der Waals surface area contributed by atoms with Crippen LogP contribution in [0.25, 0.3) is 21.9 Å². The highest BCUT2D eigenvalue weighted by atomic mass is 32.2. The van der Waals surface area contributed by atoms with E-state index < -0.39 is 10.0 Å². The fourth-order valence-corrected chi connectivity index (χ4v) is 8.69. The Morgan fingerprint density at radius 2 is 1.80 bits per heavy atom. The summed E-state index contributed by atoms with van der Waals surface area (Å²) in [6.45, 7) is 4.84. The van der Waals surface area contributed by atoms with E-state index in [4.69, 9.17) is 0 Å². The van der Waals surface area contributed by atoms with Gasteiger partial charge in [-0.3, -0.25) is 0 Å². The molecule has 1 N–H and O–H groups in total. The Kier molecular flexibility index (Phi) is 6.49. The number of hydrogen-bond acceptors (Lipinski definition) is 6. The number of aromatic nitrogens is 4. The van der Waals surface area contributed by atoms with E-state index in [1.807, 2.05) is 16.7 Å². The van der Waals surface area contributed by atoms with Crippen molar-refractivity contribution in [1.82, 2.24) is 29.4 Å². The number of H-pyrrole nitrogens is 1. The second-order valence-corrected chi connectivity index (χ2v) is 12.9. The van der Waals surface area contributed by atoms with E-state index in [2.05, 4.69) is 31.1 Å². The molecule has 3 aromatic heterocycles.